The third kappa shape index (κ3) is 7.66. The predicted molar refractivity (Wildman–Crippen MR) is 104 cm³/mol. The summed E-state index contributed by atoms with van der Waals surface area (Å²) in [5.74, 6) is -0.0973. The molecule has 0 radical (unpaired) electrons. The van der Waals surface area contributed by atoms with Crippen LogP contribution < -0.4 is 16.0 Å². The van der Waals surface area contributed by atoms with Crippen LogP contribution in [-0.4, -0.2) is 54.5 Å². The van der Waals surface area contributed by atoms with Gasteiger partial charge in [-0.2, -0.15) is 0 Å². The molecule has 0 aromatic rings. The highest BCUT2D eigenvalue weighted by Crippen LogP contribution is 2.30. The van der Waals surface area contributed by atoms with Crippen LogP contribution in [0.15, 0.2) is 0 Å². The minimum absolute atomic E-state index is 0.0658. The molecule has 1 saturated carbocycles. The van der Waals surface area contributed by atoms with Gasteiger partial charge in [-0.05, 0) is 58.9 Å². The van der Waals surface area contributed by atoms with Gasteiger partial charge in [0.1, 0.15) is 5.60 Å². The average Bonchev–Trinajstić information content (AvgIpc) is 2.79. The third-order valence-electron chi connectivity index (χ3n) is 5.44. The third-order valence-corrected chi connectivity index (χ3v) is 5.44. The number of β-amino-alcohol motifs (C(OH)–C–C–N with tert-alkyl or cyclic N) is 1. The van der Waals surface area contributed by atoms with Gasteiger partial charge in [-0.1, -0.05) is 19.3 Å². The molecule has 1 heterocycles. The normalized spacial score (nSPS) is 25.9. The van der Waals surface area contributed by atoms with Crippen molar-refractivity contribution in [2.24, 2.45) is 11.8 Å². The summed E-state index contributed by atoms with van der Waals surface area (Å²) in [7, 11) is 0. The number of alkyl carbamates (subject to hydrolysis) is 1. The molecule has 1 saturated heterocycles. The van der Waals surface area contributed by atoms with Gasteiger partial charge in [-0.15, -0.1) is 0 Å². The van der Waals surface area contributed by atoms with Crippen molar-refractivity contribution < 1.29 is 19.4 Å². The zero-order valence-corrected chi connectivity index (χ0v) is 17.1. The van der Waals surface area contributed by atoms with Crippen molar-refractivity contribution in [3.05, 3.63) is 0 Å². The molecular weight excluding hydrogens is 346 g/mol. The molecule has 0 aromatic carbocycles. The maximum absolute atomic E-state index is 13.0. The number of carbonyl (C=O) groups is 2. The predicted octanol–water partition coefficient (Wildman–Crippen LogP) is 1.94. The summed E-state index contributed by atoms with van der Waals surface area (Å²) in [6, 6.07) is -0.236. The second-order valence-corrected chi connectivity index (χ2v) is 8.92. The molecule has 1 aliphatic heterocycles. The van der Waals surface area contributed by atoms with Gasteiger partial charge in [0.25, 0.3) is 0 Å². The first-order valence-corrected chi connectivity index (χ1v) is 10.4. The summed E-state index contributed by atoms with van der Waals surface area (Å²) in [6.45, 7) is 7.08. The Balaban J connectivity index is 1.97. The van der Waals surface area contributed by atoms with Crippen molar-refractivity contribution in [1.29, 1.82) is 0 Å². The quantitative estimate of drug-likeness (QED) is 0.581. The van der Waals surface area contributed by atoms with E-state index in [4.69, 9.17) is 4.74 Å². The van der Waals surface area contributed by atoms with Gasteiger partial charge in [0.2, 0.25) is 5.91 Å². The maximum atomic E-state index is 13.0. The molecule has 0 bridgehead atoms. The molecule has 0 aromatic heterocycles. The van der Waals surface area contributed by atoms with Gasteiger partial charge in [-0.3, -0.25) is 4.79 Å². The van der Waals surface area contributed by atoms with Crippen molar-refractivity contribution in [1.82, 2.24) is 16.0 Å². The van der Waals surface area contributed by atoms with Crippen LogP contribution >= 0.6 is 0 Å². The fourth-order valence-electron chi connectivity index (χ4n) is 4.01. The minimum Gasteiger partial charge on any atom is -0.444 e. The molecule has 156 valence electrons. The van der Waals surface area contributed by atoms with Gasteiger partial charge in [0.15, 0.2) is 0 Å². The molecule has 2 amide bonds. The van der Waals surface area contributed by atoms with E-state index in [-0.39, 0.29) is 30.3 Å². The summed E-state index contributed by atoms with van der Waals surface area (Å²) < 4.78 is 5.31. The van der Waals surface area contributed by atoms with Crippen LogP contribution in [0.1, 0.15) is 65.7 Å². The number of amides is 2. The van der Waals surface area contributed by atoms with Crippen molar-refractivity contribution >= 4 is 12.0 Å². The largest absolute Gasteiger partial charge is 0.444 e. The average molecular weight is 384 g/mol. The van der Waals surface area contributed by atoms with E-state index >= 15 is 0 Å². The van der Waals surface area contributed by atoms with E-state index in [1.165, 1.54) is 6.42 Å². The highest BCUT2D eigenvalue weighted by molar-refractivity contribution is 5.80. The zero-order chi connectivity index (χ0) is 19.9. The number of hydrogen-bond acceptors (Lipinski definition) is 5. The standard InChI is InChI=1S/C20H37N3O4/c1-20(2,3)27-19(26)22-12-15(14-8-5-4-6-9-14)18(25)23-16-10-7-11-21-13-17(16)24/h14-17,21,24H,4-13H2,1-3H3,(H,22,26)(H,23,25). The summed E-state index contributed by atoms with van der Waals surface area (Å²) in [6.07, 6.45) is 6.07. The van der Waals surface area contributed by atoms with Gasteiger partial charge >= 0.3 is 6.09 Å². The SMILES string of the molecule is CC(C)(C)OC(=O)NCC(C(=O)NC1CCCNCC1O)C1CCCCC1. The molecule has 0 spiro atoms. The van der Waals surface area contributed by atoms with Crippen LogP contribution in [0.3, 0.4) is 0 Å². The van der Waals surface area contributed by atoms with Crippen molar-refractivity contribution in [2.75, 3.05) is 19.6 Å². The van der Waals surface area contributed by atoms with E-state index in [0.717, 1.165) is 45.1 Å². The number of rotatable bonds is 5. The molecular formula is C20H37N3O4. The highest BCUT2D eigenvalue weighted by Gasteiger charge is 2.33. The first-order chi connectivity index (χ1) is 12.8. The van der Waals surface area contributed by atoms with E-state index in [9.17, 15) is 14.7 Å². The lowest BCUT2D eigenvalue weighted by Gasteiger charge is -2.32. The summed E-state index contributed by atoms with van der Waals surface area (Å²) >= 11 is 0. The molecule has 3 unspecified atom stereocenters. The number of aliphatic hydroxyl groups is 1. The minimum atomic E-state index is -0.581. The van der Waals surface area contributed by atoms with Crippen LogP contribution in [0.25, 0.3) is 0 Å². The lowest BCUT2D eigenvalue weighted by Crippen LogP contribution is -2.51. The molecule has 2 rings (SSSR count). The van der Waals surface area contributed by atoms with Crippen LogP contribution in [0, 0.1) is 11.8 Å². The Morgan fingerprint density at radius 3 is 2.52 bits per heavy atom. The number of aliphatic hydroxyl groups excluding tert-OH is 1. The first-order valence-electron chi connectivity index (χ1n) is 10.4. The van der Waals surface area contributed by atoms with E-state index in [0.29, 0.717) is 6.54 Å². The second kappa shape index (κ2) is 10.3. The van der Waals surface area contributed by atoms with Crippen LogP contribution in [0.4, 0.5) is 4.79 Å². The van der Waals surface area contributed by atoms with E-state index in [1.54, 1.807) is 0 Å². The van der Waals surface area contributed by atoms with Crippen LogP contribution in [0.2, 0.25) is 0 Å². The maximum Gasteiger partial charge on any atom is 0.407 e. The Bertz CT molecular complexity index is 486. The molecule has 1 aliphatic carbocycles. The van der Waals surface area contributed by atoms with Crippen molar-refractivity contribution in [2.45, 2.75) is 83.5 Å². The molecule has 4 N–H and O–H groups in total. The Morgan fingerprint density at radius 2 is 1.85 bits per heavy atom. The van der Waals surface area contributed by atoms with E-state index < -0.39 is 17.8 Å². The fourth-order valence-corrected chi connectivity index (χ4v) is 4.01. The molecule has 7 nitrogen and oxygen atoms in total. The summed E-state index contributed by atoms with van der Waals surface area (Å²) in [5, 5.41) is 19.3. The number of ether oxygens (including phenoxy) is 1. The topological polar surface area (TPSA) is 99.7 Å². The van der Waals surface area contributed by atoms with Crippen LogP contribution in [-0.2, 0) is 9.53 Å². The summed E-state index contributed by atoms with van der Waals surface area (Å²) in [5.41, 5.74) is -0.565. The molecule has 2 aliphatic rings. The van der Waals surface area contributed by atoms with Gasteiger partial charge in [0.05, 0.1) is 18.1 Å². The Kier molecular flexibility index (Phi) is 8.35. The second-order valence-electron chi connectivity index (χ2n) is 8.92. The Morgan fingerprint density at radius 1 is 1.15 bits per heavy atom. The van der Waals surface area contributed by atoms with E-state index in [1.807, 2.05) is 20.8 Å². The van der Waals surface area contributed by atoms with Gasteiger partial charge < -0.3 is 25.8 Å². The Hall–Kier alpha value is -1.34. The molecule has 2 fully saturated rings. The van der Waals surface area contributed by atoms with Crippen molar-refractivity contribution in [3.63, 3.8) is 0 Å². The summed E-state index contributed by atoms with van der Waals surface area (Å²) in [4.78, 5) is 25.1. The fraction of sp³-hybridized carbons (Fsp3) is 0.900. The molecule has 3 atom stereocenters. The van der Waals surface area contributed by atoms with Gasteiger partial charge in [0, 0.05) is 13.1 Å². The van der Waals surface area contributed by atoms with Crippen LogP contribution in [0.5, 0.6) is 0 Å². The number of hydrogen-bond donors (Lipinski definition) is 4. The smallest absolute Gasteiger partial charge is 0.407 e. The van der Waals surface area contributed by atoms with Crippen molar-refractivity contribution in [3.8, 4) is 0 Å². The number of nitrogens with one attached hydrogen (secondary N) is 3. The van der Waals surface area contributed by atoms with E-state index in [2.05, 4.69) is 16.0 Å². The lowest BCUT2D eigenvalue weighted by atomic mass is 9.79. The molecule has 27 heavy (non-hydrogen) atoms. The zero-order valence-electron chi connectivity index (χ0n) is 17.1. The first kappa shape index (κ1) is 22.0. The Labute approximate surface area is 163 Å². The lowest BCUT2D eigenvalue weighted by molar-refractivity contribution is -0.128. The number of carbonyl (C=O) groups excluding carboxylic acids is 2. The monoisotopic (exact) mass is 383 g/mol. The highest BCUT2D eigenvalue weighted by atomic mass is 16.6. The molecule has 7 heteroatoms. The van der Waals surface area contributed by atoms with Gasteiger partial charge in [-0.25, -0.2) is 4.79 Å².